The fourth-order valence-corrected chi connectivity index (χ4v) is 1.99. The molecule has 4 heteroatoms. The molecular weight excluding hydrogens is 229 g/mol. The summed E-state index contributed by atoms with van der Waals surface area (Å²) in [6, 6.07) is 8.81. The molecule has 0 amide bonds. The minimum Gasteiger partial charge on any atom is -0.304 e. The average molecular weight is 247 g/mol. The maximum atomic E-state index is 13.6. The van der Waals surface area contributed by atoms with Crippen molar-refractivity contribution in [3.05, 3.63) is 53.6 Å². The third-order valence-electron chi connectivity index (χ3n) is 3.07. The zero-order chi connectivity index (χ0) is 13.0. The molecule has 2 rings (SSSR count). The smallest absolute Gasteiger partial charge is 0.127 e. The summed E-state index contributed by atoms with van der Waals surface area (Å²) in [5, 5.41) is 7.52. The van der Waals surface area contributed by atoms with Crippen LogP contribution < -0.4 is 5.32 Å². The minimum absolute atomic E-state index is 0.0218. The highest BCUT2D eigenvalue weighted by atomic mass is 19.1. The van der Waals surface area contributed by atoms with E-state index in [0.29, 0.717) is 12.1 Å². The second-order valence-corrected chi connectivity index (χ2v) is 4.26. The van der Waals surface area contributed by atoms with Crippen molar-refractivity contribution in [2.75, 3.05) is 0 Å². The van der Waals surface area contributed by atoms with E-state index in [1.165, 1.54) is 6.07 Å². The summed E-state index contributed by atoms with van der Waals surface area (Å²) in [4.78, 5) is 0. The van der Waals surface area contributed by atoms with Gasteiger partial charge in [0.1, 0.15) is 5.82 Å². The fourth-order valence-electron chi connectivity index (χ4n) is 1.99. The zero-order valence-corrected chi connectivity index (χ0v) is 10.7. The Bertz CT molecular complexity index is 507. The highest BCUT2D eigenvalue weighted by molar-refractivity contribution is 5.20. The first-order valence-electron chi connectivity index (χ1n) is 6.21. The Morgan fingerprint density at radius 1 is 1.33 bits per heavy atom. The zero-order valence-electron chi connectivity index (χ0n) is 10.7. The second kappa shape index (κ2) is 5.78. The van der Waals surface area contributed by atoms with Gasteiger partial charge in [0.25, 0.3) is 0 Å². The van der Waals surface area contributed by atoms with Crippen LogP contribution in [0.25, 0.3) is 0 Å². The van der Waals surface area contributed by atoms with Crippen molar-refractivity contribution in [2.45, 2.75) is 33.0 Å². The third kappa shape index (κ3) is 2.76. The lowest BCUT2D eigenvalue weighted by molar-refractivity contribution is 0.507. The van der Waals surface area contributed by atoms with Crippen LogP contribution in [0, 0.1) is 5.82 Å². The van der Waals surface area contributed by atoms with Gasteiger partial charge in [0.2, 0.25) is 0 Å². The van der Waals surface area contributed by atoms with Crippen LogP contribution in [-0.4, -0.2) is 9.78 Å². The first-order valence-corrected chi connectivity index (χ1v) is 6.21. The molecule has 0 fully saturated rings. The van der Waals surface area contributed by atoms with Crippen LogP contribution in [0.5, 0.6) is 0 Å². The maximum Gasteiger partial charge on any atom is 0.127 e. The van der Waals surface area contributed by atoms with Crippen molar-refractivity contribution >= 4 is 0 Å². The van der Waals surface area contributed by atoms with Crippen LogP contribution in [0.3, 0.4) is 0 Å². The van der Waals surface area contributed by atoms with E-state index in [1.807, 2.05) is 29.8 Å². The Balaban J connectivity index is 2.01. The van der Waals surface area contributed by atoms with E-state index in [9.17, 15) is 4.39 Å². The molecule has 2 aromatic rings. The largest absolute Gasteiger partial charge is 0.304 e. The Labute approximate surface area is 107 Å². The molecule has 1 aromatic carbocycles. The SMILES string of the molecule is CCn1nccc1CNC(C)c1ccccc1F. The number of hydrogen-bond acceptors (Lipinski definition) is 2. The summed E-state index contributed by atoms with van der Waals surface area (Å²) in [7, 11) is 0. The van der Waals surface area contributed by atoms with Crippen LogP contribution in [0.2, 0.25) is 0 Å². The van der Waals surface area contributed by atoms with Gasteiger partial charge in [-0.2, -0.15) is 5.10 Å². The Hall–Kier alpha value is -1.68. The standard InChI is InChI=1S/C14H18FN3/c1-3-18-12(8-9-17-18)10-16-11(2)13-6-4-5-7-14(13)15/h4-9,11,16H,3,10H2,1-2H3. The van der Waals surface area contributed by atoms with Crippen LogP contribution in [0.4, 0.5) is 4.39 Å². The van der Waals surface area contributed by atoms with Gasteiger partial charge in [-0.25, -0.2) is 4.39 Å². The summed E-state index contributed by atoms with van der Waals surface area (Å²) in [5.41, 5.74) is 1.81. The number of nitrogens with zero attached hydrogens (tertiary/aromatic N) is 2. The third-order valence-corrected chi connectivity index (χ3v) is 3.07. The molecule has 0 radical (unpaired) electrons. The van der Waals surface area contributed by atoms with E-state index < -0.39 is 0 Å². The first kappa shape index (κ1) is 12.8. The molecule has 0 spiro atoms. The van der Waals surface area contributed by atoms with Gasteiger partial charge < -0.3 is 5.32 Å². The first-order chi connectivity index (χ1) is 8.72. The Kier molecular flexibility index (Phi) is 4.10. The van der Waals surface area contributed by atoms with Crippen molar-refractivity contribution in [3.63, 3.8) is 0 Å². The summed E-state index contributed by atoms with van der Waals surface area (Å²) >= 11 is 0. The van der Waals surface area contributed by atoms with E-state index in [1.54, 1.807) is 12.3 Å². The summed E-state index contributed by atoms with van der Waals surface area (Å²) < 4.78 is 15.5. The van der Waals surface area contributed by atoms with Crippen molar-refractivity contribution in [1.29, 1.82) is 0 Å². The lowest BCUT2D eigenvalue weighted by Gasteiger charge is -2.15. The Morgan fingerprint density at radius 2 is 2.11 bits per heavy atom. The molecule has 1 unspecified atom stereocenters. The number of hydrogen-bond donors (Lipinski definition) is 1. The number of halogens is 1. The number of benzene rings is 1. The van der Waals surface area contributed by atoms with E-state index in [2.05, 4.69) is 17.3 Å². The lowest BCUT2D eigenvalue weighted by atomic mass is 10.1. The molecule has 96 valence electrons. The topological polar surface area (TPSA) is 29.9 Å². The molecule has 1 N–H and O–H groups in total. The number of aryl methyl sites for hydroxylation is 1. The predicted molar refractivity (Wildman–Crippen MR) is 69.6 cm³/mol. The van der Waals surface area contributed by atoms with Crippen LogP contribution in [0.1, 0.15) is 31.1 Å². The van der Waals surface area contributed by atoms with E-state index in [4.69, 9.17) is 0 Å². The molecule has 1 heterocycles. The summed E-state index contributed by atoms with van der Waals surface area (Å²) in [5.74, 6) is -0.165. The normalized spacial score (nSPS) is 12.6. The Morgan fingerprint density at radius 3 is 2.83 bits per heavy atom. The van der Waals surface area contributed by atoms with Crippen molar-refractivity contribution in [1.82, 2.24) is 15.1 Å². The second-order valence-electron chi connectivity index (χ2n) is 4.26. The minimum atomic E-state index is -0.165. The van der Waals surface area contributed by atoms with Gasteiger partial charge >= 0.3 is 0 Å². The van der Waals surface area contributed by atoms with Gasteiger partial charge in [-0.1, -0.05) is 18.2 Å². The molecule has 1 atom stereocenters. The molecule has 0 saturated heterocycles. The molecule has 0 bridgehead atoms. The van der Waals surface area contributed by atoms with Gasteiger partial charge in [0.05, 0.1) is 5.69 Å². The number of nitrogens with one attached hydrogen (secondary N) is 1. The molecular formula is C14H18FN3. The summed E-state index contributed by atoms with van der Waals surface area (Å²) in [6.45, 7) is 5.54. The van der Waals surface area contributed by atoms with Gasteiger partial charge in [-0.05, 0) is 26.0 Å². The van der Waals surface area contributed by atoms with Gasteiger partial charge in [0, 0.05) is 30.9 Å². The maximum absolute atomic E-state index is 13.6. The highest BCUT2D eigenvalue weighted by Gasteiger charge is 2.10. The highest BCUT2D eigenvalue weighted by Crippen LogP contribution is 2.16. The summed E-state index contributed by atoms with van der Waals surface area (Å²) in [6.07, 6.45) is 1.79. The number of aromatic nitrogens is 2. The van der Waals surface area contributed by atoms with E-state index in [0.717, 1.165) is 12.2 Å². The van der Waals surface area contributed by atoms with Gasteiger partial charge in [0.15, 0.2) is 0 Å². The van der Waals surface area contributed by atoms with Crippen molar-refractivity contribution < 1.29 is 4.39 Å². The van der Waals surface area contributed by atoms with Crippen LogP contribution >= 0.6 is 0 Å². The molecule has 3 nitrogen and oxygen atoms in total. The molecule has 1 aromatic heterocycles. The van der Waals surface area contributed by atoms with E-state index in [-0.39, 0.29) is 11.9 Å². The lowest BCUT2D eigenvalue weighted by Crippen LogP contribution is -2.21. The van der Waals surface area contributed by atoms with Crippen LogP contribution in [-0.2, 0) is 13.1 Å². The molecule has 0 aliphatic heterocycles. The van der Waals surface area contributed by atoms with Crippen molar-refractivity contribution in [3.8, 4) is 0 Å². The predicted octanol–water partition coefficient (Wildman–Crippen LogP) is 2.89. The molecule has 18 heavy (non-hydrogen) atoms. The van der Waals surface area contributed by atoms with Crippen LogP contribution in [0.15, 0.2) is 36.5 Å². The number of rotatable bonds is 5. The van der Waals surface area contributed by atoms with E-state index >= 15 is 0 Å². The monoisotopic (exact) mass is 247 g/mol. The molecule has 0 aliphatic rings. The quantitative estimate of drug-likeness (QED) is 0.880. The molecule has 0 saturated carbocycles. The average Bonchev–Trinajstić information content (AvgIpc) is 2.84. The van der Waals surface area contributed by atoms with Gasteiger partial charge in [-0.3, -0.25) is 4.68 Å². The fraction of sp³-hybridized carbons (Fsp3) is 0.357. The van der Waals surface area contributed by atoms with Gasteiger partial charge in [-0.15, -0.1) is 0 Å². The molecule has 0 aliphatic carbocycles. The van der Waals surface area contributed by atoms with Crippen molar-refractivity contribution in [2.24, 2.45) is 0 Å².